The Labute approximate surface area is 231 Å². The normalized spacial score (nSPS) is 10.5. The van der Waals surface area contributed by atoms with Crippen LogP contribution in [0.25, 0.3) is 21.9 Å². The zero-order chi connectivity index (χ0) is 29.6. The van der Waals surface area contributed by atoms with Crippen molar-refractivity contribution in [3.8, 4) is 51.4 Å². The van der Waals surface area contributed by atoms with Gasteiger partial charge in [-0.25, -0.2) is 9.59 Å². The molecule has 0 saturated heterocycles. The molecule has 0 bridgehead atoms. The standard InChI is InChI=1S/C28H32O12/c1-31-13-40-23-15-12-18(34-4)25(36-6)26(37-7)20(15)19(21(27(29)38-8)22(23)28(30)39-9)14-10-16(32-2)24(35-5)17(11-14)33-3/h10-12H,13H2,1-9H3. The van der Waals surface area contributed by atoms with E-state index in [9.17, 15) is 9.59 Å². The summed E-state index contributed by atoms with van der Waals surface area (Å²) in [5.41, 5.74) is 0.211. The fraction of sp³-hybridized carbons (Fsp3) is 0.357. The van der Waals surface area contributed by atoms with E-state index in [1.54, 1.807) is 18.2 Å². The quantitative estimate of drug-likeness (QED) is 0.234. The lowest BCUT2D eigenvalue weighted by atomic mass is 9.87. The predicted molar refractivity (Wildman–Crippen MR) is 144 cm³/mol. The lowest BCUT2D eigenvalue weighted by Gasteiger charge is -2.24. The zero-order valence-electron chi connectivity index (χ0n) is 23.8. The minimum atomic E-state index is -0.865. The molecule has 0 spiro atoms. The number of ether oxygens (including phenoxy) is 10. The van der Waals surface area contributed by atoms with Crippen molar-refractivity contribution in [3.05, 3.63) is 29.3 Å². The molecule has 12 heteroatoms. The minimum Gasteiger partial charge on any atom is -0.493 e. The smallest absolute Gasteiger partial charge is 0.342 e. The van der Waals surface area contributed by atoms with E-state index in [1.807, 2.05) is 0 Å². The Morgan fingerprint density at radius 1 is 0.575 bits per heavy atom. The molecule has 216 valence electrons. The first-order chi connectivity index (χ1) is 19.3. The third-order valence-corrected chi connectivity index (χ3v) is 6.11. The molecule has 0 aromatic heterocycles. The van der Waals surface area contributed by atoms with E-state index in [4.69, 9.17) is 47.4 Å². The first-order valence-electron chi connectivity index (χ1n) is 11.7. The van der Waals surface area contributed by atoms with Crippen molar-refractivity contribution in [2.24, 2.45) is 0 Å². The number of benzene rings is 3. The Kier molecular flexibility index (Phi) is 9.73. The molecule has 0 aliphatic carbocycles. The van der Waals surface area contributed by atoms with Gasteiger partial charge in [-0.3, -0.25) is 0 Å². The van der Waals surface area contributed by atoms with Gasteiger partial charge in [0.2, 0.25) is 11.5 Å². The van der Waals surface area contributed by atoms with Crippen LogP contribution in [0.2, 0.25) is 0 Å². The molecule has 0 atom stereocenters. The second-order valence-electron chi connectivity index (χ2n) is 7.97. The summed E-state index contributed by atoms with van der Waals surface area (Å²) in [4.78, 5) is 26.9. The van der Waals surface area contributed by atoms with Gasteiger partial charge in [0.25, 0.3) is 0 Å². The largest absolute Gasteiger partial charge is 0.493 e. The number of fused-ring (bicyclic) bond motifs is 1. The molecule has 0 aliphatic rings. The summed E-state index contributed by atoms with van der Waals surface area (Å²) in [7, 11) is 12.5. The van der Waals surface area contributed by atoms with Crippen molar-refractivity contribution in [2.75, 3.05) is 70.8 Å². The highest BCUT2D eigenvalue weighted by Gasteiger charge is 2.35. The molecular formula is C28H32O12. The molecule has 3 aromatic carbocycles. The third kappa shape index (κ3) is 5.05. The Morgan fingerprint density at radius 2 is 1.07 bits per heavy atom. The van der Waals surface area contributed by atoms with E-state index in [1.165, 1.54) is 64.0 Å². The Morgan fingerprint density at radius 3 is 1.52 bits per heavy atom. The third-order valence-electron chi connectivity index (χ3n) is 6.11. The van der Waals surface area contributed by atoms with Gasteiger partial charge in [0.05, 0.1) is 62.4 Å². The van der Waals surface area contributed by atoms with Crippen LogP contribution in [0.5, 0.6) is 40.2 Å². The van der Waals surface area contributed by atoms with Gasteiger partial charge in [-0.2, -0.15) is 0 Å². The number of carbonyl (C=O) groups excluding carboxylic acids is 2. The van der Waals surface area contributed by atoms with Crippen LogP contribution in [0.3, 0.4) is 0 Å². The van der Waals surface area contributed by atoms with Crippen molar-refractivity contribution < 1.29 is 57.0 Å². The molecule has 0 aliphatic heterocycles. The van der Waals surface area contributed by atoms with Crippen molar-refractivity contribution in [3.63, 3.8) is 0 Å². The second-order valence-corrected chi connectivity index (χ2v) is 7.97. The number of carbonyl (C=O) groups is 2. The maximum absolute atomic E-state index is 13.5. The fourth-order valence-electron chi connectivity index (χ4n) is 4.47. The van der Waals surface area contributed by atoms with Crippen LogP contribution in [-0.2, 0) is 14.2 Å². The van der Waals surface area contributed by atoms with E-state index in [0.717, 1.165) is 0 Å². The number of hydrogen-bond acceptors (Lipinski definition) is 12. The van der Waals surface area contributed by atoms with Crippen LogP contribution < -0.4 is 33.2 Å². The van der Waals surface area contributed by atoms with E-state index >= 15 is 0 Å². The van der Waals surface area contributed by atoms with Crippen LogP contribution in [0.1, 0.15) is 20.7 Å². The lowest BCUT2D eigenvalue weighted by molar-refractivity contribution is 0.0459. The number of esters is 2. The summed E-state index contributed by atoms with van der Waals surface area (Å²) in [6, 6.07) is 4.83. The highest BCUT2D eigenvalue weighted by atomic mass is 16.7. The van der Waals surface area contributed by atoms with E-state index in [2.05, 4.69) is 0 Å². The maximum Gasteiger partial charge on any atom is 0.342 e. The molecule has 40 heavy (non-hydrogen) atoms. The van der Waals surface area contributed by atoms with Gasteiger partial charge in [0.1, 0.15) is 11.3 Å². The molecule has 0 radical (unpaired) electrons. The van der Waals surface area contributed by atoms with Crippen LogP contribution >= 0.6 is 0 Å². The number of rotatable bonds is 12. The molecular weight excluding hydrogens is 528 g/mol. The number of hydrogen-bond donors (Lipinski definition) is 0. The Balaban J connectivity index is 2.80. The fourth-order valence-corrected chi connectivity index (χ4v) is 4.47. The first-order valence-corrected chi connectivity index (χ1v) is 11.7. The van der Waals surface area contributed by atoms with Gasteiger partial charge in [0, 0.05) is 23.4 Å². The molecule has 0 saturated carbocycles. The van der Waals surface area contributed by atoms with Crippen molar-refractivity contribution in [2.45, 2.75) is 0 Å². The molecule has 3 rings (SSSR count). The van der Waals surface area contributed by atoms with E-state index in [0.29, 0.717) is 33.6 Å². The summed E-state index contributed by atoms with van der Waals surface area (Å²) in [6.07, 6.45) is 0. The van der Waals surface area contributed by atoms with Crippen LogP contribution in [-0.4, -0.2) is 82.7 Å². The van der Waals surface area contributed by atoms with Crippen LogP contribution in [0.15, 0.2) is 18.2 Å². The lowest BCUT2D eigenvalue weighted by Crippen LogP contribution is -2.17. The van der Waals surface area contributed by atoms with Crippen molar-refractivity contribution in [1.82, 2.24) is 0 Å². The first kappa shape index (κ1) is 30.0. The maximum atomic E-state index is 13.5. The summed E-state index contributed by atoms with van der Waals surface area (Å²) < 4.78 is 54.9. The van der Waals surface area contributed by atoms with Gasteiger partial charge >= 0.3 is 11.9 Å². The molecule has 0 fully saturated rings. The topological polar surface area (TPSA) is 126 Å². The average Bonchev–Trinajstić information content (AvgIpc) is 2.99. The van der Waals surface area contributed by atoms with Crippen molar-refractivity contribution >= 4 is 22.7 Å². The molecule has 12 nitrogen and oxygen atoms in total. The summed E-state index contributed by atoms with van der Waals surface area (Å²) in [5, 5.41) is 0.650. The van der Waals surface area contributed by atoms with Gasteiger partial charge in [-0.15, -0.1) is 0 Å². The highest BCUT2D eigenvalue weighted by Crippen LogP contribution is 2.54. The molecule has 0 heterocycles. The average molecular weight is 561 g/mol. The van der Waals surface area contributed by atoms with Crippen LogP contribution in [0, 0.1) is 0 Å². The summed E-state index contributed by atoms with van der Waals surface area (Å²) in [6.45, 7) is -0.264. The van der Waals surface area contributed by atoms with E-state index < -0.39 is 11.9 Å². The van der Waals surface area contributed by atoms with Gasteiger partial charge in [-0.05, 0) is 23.8 Å². The van der Waals surface area contributed by atoms with Gasteiger partial charge < -0.3 is 47.4 Å². The molecule has 0 amide bonds. The van der Waals surface area contributed by atoms with Gasteiger partial charge in [-0.1, -0.05) is 0 Å². The van der Waals surface area contributed by atoms with Gasteiger partial charge in [0.15, 0.2) is 29.8 Å². The monoisotopic (exact) mass is 560 g/mol. The minimum absolute atomic E-state index is 0.0282. The SMILES string of the molecule is COCOc1c(C(=O)OC)c(C(=O)OC)c(-c2cc(OC)c(OC)c(OC)c2)c2c(OC)c(OC)c(OC)cc12. The Bertz CT molecular complexity index is 1390. The highest BCUT2D eigenvalue weighted by molar-refractivity contribution is 6.20. The summed E-state index contributed by atoms with van der Waals surface area (Å²) >= 11 is 0. The molecule has 0 N–H and O–H groups in total. The summed E-state index contributed by atoms with van der Waals surface area (Å²) in [5.74, 6) is -0.168. The second kappa shape index (κ2) is 13.0. The Hall–Kier alpha value is -4.58. The van der Waals surface area contributed by atoms with Crippen molar-refractivity contribution in [1.29, 1.82) is 0 Å². The van der Waals surface area contributed by atoms with Crippen LogP contribution in [0.4, 0.5) is 0 Å². The van der Waals surface area contributed by atoms with E-state index in [-0.39, 0.29) is 46.5 Å². The number of methoxy groups -OCH3 is 9. The predicted octanol–water partition coefficient (Wildman–Crippen LogP) is 4.11. The zero-order valence-corrected chi connectivity index (χ0v) is 23.8. The molecule has 0 unspecified atom stereocenters. The molecule has 3 aromatic rings.